The molecule has 1 fully saturated rings. The highest BCUT2D eigenvalue weighted by Gasteiger charge is 2.65. The van der Waals surface area contributed by atoms with E-state index in [-0.39, 0.29) is 61.3 Å². The number of nitrogens with zero attached hydrogens (tertiary/aromatic N) is 4. The van der Waals surface area contributed by atoms with Gasteiger partial charge in [-0.3, -0.25) is 13.9 Å². The van der Waals surface area contributed by atoms with Gasteiger partial charge in [-0.2, -0.15) is 9.97 Å². The summed E-state index contributed by atoms with van der Waals surface area (Å²) in [6, 6.07) is 7.81. The topological polar surface area (TPSA) is 182 Å². The summed E-state index contributed by atoms with van der Waals surface area (Å²) in [5.74, 6) is -3.42. The van der Waals surface area contributed by atoms with Crippen molar-refractivity contribution in [2.75, 3.05) is 38.3 Å². The van der Waals surface area contributed by atoms with Crippen LogP contribution in [0, 0.1) is 5.92 Å². The Kier molecular flexibility index (Phi) is 11.2. The molecule has 0 radical (unpaired) electrons. The number of nitrogens with one attached hydrogen (secondary N) is 1. The third-order valence-electron chi connectivity index (χ3n) is 7.06. The van der Waals surface area contributed by atoms with Gasteiger partial charge >= 0.3 is 5.97 Å². The summed E-state index contributed by atoms with van der Waals surface area (Å²) in [5, 5.41) is 13.5. The van der Waals surface area contributed by atoms with Gasteiger partial charge in [-0.1, -0.05) is 32.0 Å². The minimum atomic E-state index is -4.06. The molecule has 1 saturated heterocycles. The Hall–Kier alpha value is -3.43. The minimum absolute atomic E-state index is 0.0262. The van der Waals surface area contributed by atoms with Crippen LogP contribution in [-0.2, 0) is 23.4 Å². The molecule has 1 aromatic carbocycles. The molecular weight excluding hydrogens is 629 g/mol. The molecule has 0 saturated carbocycles. The maximum absolute atomic E-state index is 16.4. The summed E-state index contributed by atoms with van der Waals surface area (Å²) in [7, 11) is -4.06. The molecule has 2 aromatic heterocycles. The van der Waals surface area contributed by atoms with E-state index < -0.39 is 50.0 Å². The third kappa shape index (κ3) is 8.10. The Labute approximate surface area is 265 Å². The second-order valence-electron chi connectivity index (χ2n) is 11.5. The average Bonchev–Trinajstić information content (AvgIpc) is 3.50. The number of esters is 1. The van der Waals surface area contributed by atoms with E-state index in [0.717, 1.165) is 17.8 Å². The van der Waals surface area contributed by atoms with Crippen molar-refractivity contribution in [3.63, 3.8) is 0 Å². The molecule has 0 bridgehead atoms. The van der Waals surface area contributed by atoms with Crippen LogP contribution < -0.4 is 20.3 Å². The molecular formula is C29H41F2N6O8P. The fraction of sp³-hybridized carbons (Fsp3) is 0.586. The van der Waals surface area contributed by atoms with E-state index in [1.165, 1.54) is 6.92 Å². The Morgan fingerprint density at radius 3 is 2.61 bits per heavy atom. The minimum Gasteiger partial charge on any atom is -0.494 e. The normalized spacial score (nSPS) is 25.0. The molecule has 254 valence electrons. The molecule has 3 heterocycles. The quantitative estimate of drug-likeness (QED) is 0.113. The molecule has 14 nitrogen and oxygen atoms in total. The molecule has 46 heavy (non-hydrogen) atoms. The number of nitrogens with two attached hydrogens (primary N) is 1. The van der Waals surface area contributed by atoms with Gasteiger partial charge in [-0.15, -0.1) is 0 Å². The second kappa shape index (κ2) is 14.6. The van der Waals surface area contributed by atoms with E-state index in [4.69, 9.17) is 29.2 Å². The average molecular weight is 671 g/mol. The van der Waals surface area contributed by atoms with Gasteiger partial charge in [0.2, 0.25) is 11.8 Å². The summed E-state index contributed by atoms with van der Waals surface area (Å²) in [6.45, 7) is 7.12. The van der Waals surface area contributed by atoms with E-state index in [1.807, 2.05) is 19.9 Å². The molecule has 17 heteroatoms. The van der Waals surface area contributed by atoms with Crippen molar-refractivity contribution in [3.8, 4) is 11.6 Å². The fourth-order valence-corrected chi connectivity index (χ4v) is 6.70. The number of rotatable bonds is 16. The molecule has 4 N–H and O–H groups in total. The lowest BCUT2D eigenvalue weighted by Gasteiger charge is -2.28. The number of benzene rings is 1. The Morgan fingerprint density at radius 2 is 1.93 bits per heavy atom. The standard InChI is InChI=1S/C29H41F2N6O8P/c1-6-41-23-21-22(34-27(32)35-23)37(17-33-21)26-28(5,30)25(39)29(31,45-26)16-44-46(40,36-19(4)24(38)43-15-18(2)3)14-10-13-42-20-11-8-7-9-12-20/h7-9,11-12,17-19,25-26,39H,6,10,13-16H2,1-5H3,(H,36,40)(H2,32,34,35)/t19-,25-,26+,28+,29+,46?/m0/s1. The molecule has 3 aromatic rings. The van der Waals surface area contributed by atoms with Crippen molar-refractivity contribution in [2.45, 2.75) is 70.9 Å². The number of ether oxygens (including phenoxy) is 4. The SMILES string of the molecule is CCOc1nc(N)nc2c1ncn2[C@@H]1O[C@](F)(COP(=O)(CCCOc2ccccc2)N[C@@H](C)C(=O)OCC(C)C)[C@@H](O)[C@@]1(C)F. The monoisotopic (exact) mass is 670 g/mol. The largest absolute Gasteiger partial charge is 0.494 e. The van der Waals surface area contributed by atoms with E-state index in [0.29, 0.717) is 5.75 Å². The van der Waals surface area contributed by atoms with Crippen molar-refractivity contribution in [2.24, 2.45) is 5.92 Å². The maximum atomic E-state index is 16.4. The molecule has 6 atom stereocenters. The number of nitrogen functional groups attached to an aromatic ring is 1. The van der Waals surface area contributed by atoms with E-state index in [9.17, 15) is 14.5 Å². The third-order valence-corrected chi connectivity index (χ3v) is 9.29. The number of carbonyl (C=O) groups is 1. The maximum Gasteiger partial charge on any atom is 0.323 e. The summed E-state index contributed by atoms with van der Waals surface area (Å²) >= 11 is 0. The van der Waals surface area contributed by atoms with Crippen LogP contribution in [0.4, 0.5) is 14.7 Å². The summed E-state index contributed by atoms with van der Waals surface area (Å²) in [6.07, 6.45) is -3.11. The number of anilines is 1. The fourth-order valence-electron chi connectivity index (χ4n) is 4.74. The van der Waals surface area contributed by atoms with Crippen molar-refractivity contribution in [3.05, 3.63) is 36.7 Å². The van der Waals surface area contributed by atoms with Crippen LogP contribution >= 0.6 is 7.52 Å². The number of para-hydroxylation sites is 1. The molecule has 4 rings (SSSR count). The molecule has 1 aliphatic rings. The summed E-state index contributed by atoms with van der Waals surface area (Å²) in [5.41, 5.74) is 3.13. The van der Waals surface area contributed by atoms with Crippen molar-refractivity contribution < 1.29 is 46.7 Å². The summed E-state index contributed by atoms with van der Waals surface area (Å²) < 4.78 is 74.9. The highest BCUT2D eigenvalue weighted by Crippen LogP contribution is 2.52. The molecule has 0 spiro atoms. The number of carbonyl (C=O) groups excluding carboxylic acids is 1. The second-order valence-corrected chi connectivity index (χ2v) is 13.8. The first kappa shape index (κ1) is 35.4. The van der Waals surface area contributed by atoms with E-state index in [1.54, 1.807) is 31.2 Å². The lowest BCUT2D eigenvalue weighted by molar-refractivity contribution is -0.202. The summed E-state index contributed by atoms with van der Waals surface area (Å²) in [4.78, 5) is 24.8. The van der Waals surface area contributed by atoms with Crippen LogP contribution in [0.1, 0.15) is 47.3 Å². The number of fused-ring (bicyclic) bond motifs is 1. The van der Waals surface area contributed by atoms with Crippen LogP contribution in [0.2, 0.25) is 0 Å². The van der Waals surface area contributed by atoms with Crippen molar-refractivity contribution in [1.29, 1.82) is 0 Å². The number of aliphatic hydroxyl groups excluding tert-OH is 1. The first-order valence-corrected chi connectivity index (χ1v) is 16.7. The van der Waals surface area contributed by atoms with Gasteiger partial charge in [0.1, 0.15) is 18.4 Å². The lowest BCUT2D eigenvalue weighted by atomic mass is 9.97. The molecule has 0 aliphatic carbocycles. The lowest BCUT2D eigenvalue weighted by Crippen LogP contribution is -2.47. The van der Waals surface area contributed by atoms with Crippen LogP contribution in [0.5, 0.6) is 11.6 Å². The number of aromatic nitrogens is 4. The van der Waals surface area contributed by atoms with E-state index >= 15 is 8.78 Å². The van der Waals surface area contributed by atoms with Crippen LogP contribution in [0.25, 0.3) is 11.2 Å². The number of halogens is 2. The number of hydrogen-bond acceptors (Lipinski definition) is 12. The van der Waals surface area contributed by atoms with E-state index in [2.05, 4.69) is 20.0 Å². The predicted octanol–water partition coefficient (Wildman–Crippen LogP) is 3.95. The Balaban J connectivity index is 1.53. The highest BCUT2D eigenvalue weighted by molar-refractivity contribution is 7.56. The first-order valence-electron chi connectivity index (χ1n) is 14.9. The zero-order valence-electron chi connectivity index (χ0n) is 26.4. The van der Waals surface area contributed by atoms with Gasteiger partial charge in [0.25, 0.3) is 13.4 Å². The highest BCUT2D eigenvalue weighted by atomic mass is 31.2. The van der Waals surface area contributed by atoms with Crippen LogP contribution in [0.3, 0.4) is 0 Å². The van der Waals surface area contributed by atoms with Crippen molar-refractivity contribution >= 4 is 30.6 Å². The number of alkyl halides is 2. The van der Waals surface area contributed by atoms with Crippen LogP contribution in [0.15, 0.2) is 36.7 Å². The molecule has 1 unspecified atom stereocenters. The Bertz CT molecular complexity index is 1530. The number of imidazole rings is 1. The smallest absolute Gasteiger partial charge is 0.323 e. The first-order chi connectivity index (χ1) is 21.7. The van der Waals surface area contributed by atoms with Gasteiger partial charge in [-0.25, -0.2) is 18.9 Å². The molecule has 1 aliphatic heterocycles. The molecule has 0 amide bonds. The van der Waals surface area contributed by atoms with Gasteiger partial charge in [0.15, 0.2) is 29.2 Å². The van der Waals surface area contributed by atoms with Gasteiger partial charge < -0.3 is 34.3 Å². The predicted molar refractivity (Wildman–Crippen MR) is 164 cm³/mol. The number of hydrogen-bond donors (Lipinski definition) is 3. The zero-order valence-corrected chi connectivity index (χ0v) is 27.3. The van der Waals surface area contributed by atoms with Crippen molar-refractivity contribution in [1.82, 2.24) is 24.6 Å². The Morgan fingerprint density at radius 1 is 1.22 bits per heavy atom. The van der Waals surface area contributed by atoms with Gasteiger partial charge in [0.05, 0.1) is 26.1 Å². The van der Waals surface area contributed by atoms with Gasteiger partial charge in [-0.05, 0) is 45.2 Å². The number of aliphatic hydroxyl groups is 1. The zero-order chi connectivity index (χ0) is 33.7. The van der Waals surface area contributed by atoms with Crippen LogP contribution in [-0.4, -0.2) is 86.9 Å². The van der Waals surface area contributed by atoms with Gasteiger partial charge in [0, 0.05) is 6.16 Å².